The van der Waals surface area contributed by atoms with Crippen LogP contribution in [0, 0.1) is 0 Å². The molecule has 1 aliphatic rings. The third kappa shape index (κ3) is 2.83. The summed E-state index contributed by atoms with van der Waals surface area (Å²) >= 11 is 1.47. The number of carboxylic acids is 1. The van der Waals surface area contributed by atoms with Crippen molar-refractivity contribution in [2.24, 2.45) is 0 Å². The average Bonchev–Trinajstić information content (AvgIpc) is 2.35. The number of aliphatic carboxylic acids is 1. The van der Waals surface area contributed by atoms with Crippen LogP contribution in [0.15, 0.2) is 23.1 Å². The Morgan fingerprint density at radius 2 is 2.39 bits per heavy atom. The summed E-state index contributed by atoms with van der Waals surface area (Å²) < 4.78 is 0. The van der Waals surface area contributed by atoms with Gasteiger partial charge in [-0.3, -0.25) is 9.59 Å². The molecule has 0 spiro atoms. The SMILES string of the molecule is CNC(Cc1ccc2c(c1)SCC(=O)N2)C(=O)O. The molecular formula is C12H14N2O3S. The first-order valence-corrected chi connectivity index (χ1v) is 6.54. The molecule has 1 aromatic rings. The second-order valence-electron chi connectivity index (χ2n) is 4.05. The Kier molecular flexibility index (Phi) is 3.88. The second-order valence-corrected chi connectivity index (χ2v) is 5.07. The van der Waals surface area contributed by atoms with Crippen LogP contribution >= 0.6 is 11.8 Å². The molecule has 5 nitrogen and oxygen atoms in total. The summed E-state index contributed by atoms with van der Waals surface area (Å²) in [6.07, 6.45) is 0.424. The van der Waals surface area contributed by atoms with Gasteiger partial charge in [0.25, 0.3) is 0 Å². The summed E-state index contributed by atoms with van der Waals surface area (Å²) in [5.74, 6) is -0.458. The molecule has 0 aromatic heterocycles. The van der Waals surface area contributed by atoms with Crippen molar-refractivity contribution in [3.63, 3.8) is 0 Å². The summed E-state index contributed by atoms with van der Waals surface area (Å²) in [7, 11) is 1.63. The third-order valence-electron chi connectivity index (χ3n) is 2.77. The van der Waals surface area contributed by atoms with E-state index in [0.29, 0.717) is 12.2 Å². The summed E-state index contributed by atoms with van der Waals surface area (Å²) in [5.41, 5.74) is 1.75. The monoisotopic (exact) mass is 266 g/mol. The predicted molar refractivity (Wildman–Crippen MR) is 70.0 cm³/mol. The largest absolute Gasteiger partial charge is 0.480 e. The molecule has 1 atom stereocenters. The Morgan fingerprint density at radius 3 is 3.06 bits per heavy atom. The van der Waals surface area contributed by atoms with Gasteiger partial charge in [0.15, 0.2) is 0 Å². The number of hydrogen-bond acceptors (Lipinski definition) is 4. The van der Waals surface area contributed by atoms with Crippen LogP contribution < -0.4 is 10.6 Å². The van der Waals surface area contributed by atoms with Crippen molar-refractivity contribution >= 4 is 29.3 Å². The predicted octanol–water partition coefficient (Wildman–Crippen LogP) is 0.946. The van der Waals surface area contributed by atoms with Gasteiger partial charge in [0.2, 0.25) is 5.91 Å². The molecule has 1 unspecified atom stereocenters. The third-order valence-corrected chi connectivity index (χ3v) is 3.82. The maximum absolute atomic E-state index is 11.2. The molecule has 2 rings (SSSR count). The van der Waals surface area contributed by atoms with E-state index in [1.54, 1.807) is 7.05 Å². The van der Waals surface area contributed by atoms with E-state index in [0.717, 1.165) is 16.1 Å². The Bertz CT molecular complexity index is 490. The minimum atomic E-state index is -0.865. The van der Waals surface area contributed by atoms with Crippen molar-refractivity contribution in [2.75, 3.05) is 18.1 Å². The molecule has 0 fully saturated rings. The zero-order valence-electron chi connectivity index (χ0n) is 9.90. The van der Waals surface area contributed by atoms with E-state index in [4.69, 9.17) is 5.11 Å². The maximum Gasteiger partial charge on any atom is 0.321 e. The number of benzene rings is 1. The fourth-order valence-corrected chi connectivity index (χ4v) is 2.66. The standard InChI is InChI=1S/C12H14N2O3S/c1-13-9(12(16)17)4-7-2-3-8-10(5-7)18-6-11(15)14-8/h2-3,5,9,13H,4,6H2,1H3,(H,14,15)(H,16,17). The lowest BCUT2D eigenvalue weighted by atomic mass is 10.1. The number of fused-ring (bicyclic) bond motifs is 1. The zero-order chi connectivity index (χ0) is 13.1. The van der Waals surface area contributed by atoms with E-state index in [9.17, 15) is 9.59 Å². The molecule has 6 heteroatoms. The van der Waals surface area contributed by atoms with Crippen molar-refractivity contribution in [1.29, 1.82) is 0 Å². The Balaban J connectivity index is 2.16. The first-order chi connectivity index (χ1) is 8.60. The smallest absolute Gasteiger partial charge is 0.321 e. The van der Waals surface area contributed by atoms with Crippen LogP contribution in [0.4, 0.5) is 5.69 Å². The molecule has 0 saturated heterocycles. The molecule has 0 bridgehead atoms. The first kappa shape index (κ1) is 12.9. The van der Waals surface area contributed by atoms with E-state index >= 15 is 0 Å². The summed E-state index contributed by atoms with van der Waals surface area (Å²) in [5, 5.41) is 14.5. The number of carboxylic acid groups (broad SMARTS) is 1. The maximum atomic E-state index is 11.2. The molecule has 0 aliphatic carbocycles. The van der Waals surface area contributed by atoms with Gasteiger partial charge in [0, 0.05) is 4.90 Å². The van der Waals surface area contributed by atoms with E-state index in [1.807, 2.05) is 18.2 Å². The molecule has 1 heterocycles. The number of likely N-dealkylation sites (N-methyl/N-ethyl adjacent to an activating group) is 1. The van der Waals surface area contributed by atoms with Crippen molar-refractivity contribution < 1.29 is 14.7 Å². The van der Waals surface area contributed by atoms with Crippen LogP contribution in [0.2, 0.25) is 0 Å². The zero-order valence-corrected chi connectivity index (χ0v) is 10.7. The highest BCUT2D eigenvalue weighted by molar-refractivity contribution is 8.00. The Morgan fingerprint density at radius 1 is 1.61 bits per heavy atom. The number of amides is 1. The fraction of sp³-hybridized carbons (Fsp3) is 0.333. The highest BCUT2D eigenvalue weighted by atomic mass is 32.2. The normalized spacial score (nSPS) is 15.7. The van der Waals surface area contributed by atoms with Gasteiger partial charge in [-0.2, -0.15) is 0 Å². The molecule has 1 amide bonds. The van der Waals surface area contributed by atoms with Crippen LogP contribution in [0.25, 0.3) is 0 Å². The number of anilines is 1. The molecule has 1 aromatic carbocycles. The highest BCUT2D eigenvalue weighted by Crippen LogP contribution is 2.32. The molecule has 1 aliphatic heterocycles. The van der Waals surface area contributed by atoms with Crippen LogP contribution in [0.1, 0.15) is 5.56 Å². The topological polar surface area (TPSA) is 78.4 Å². The minimum absolute atomic E-state index is 0.00103. The van der Waals surface area contributed by atoms with Gasteiger partial charge in [-0.15, -0.1) is 11.8 Å². The molecule has 96 valence electrons. The number of rotatable bonds is 4. The lowest BCUT2D eigenvalue weighted by Crippen LogP contribution is -2.35. The van der Waals surface area contributed by atoms with Crippen LogP contribution in [-0.4, -0.2) is 35.8 Å². The van der Waals surface area contributed by atoms with Gasteiger partial charge in [0.1, 0.15) is 6.04 Å². The average molecular weight is 266 g/mol. The minimum Gasteiger partial charge on any atom is -0.480 e. The van der Waals surface area contributed by atoms with Crippen molar-refractivity contribution in [3.05, 3.63) is 23.8 Å². The van der Waals surface area contributed by atoms with Gasteiger partial charge in [-0.25, -0.2) is 0 Å². The van der Waals surface area contributed by atoms with Crippen molar-refractivity contribution in [1.82, 2.24) is 5.32 Å². The van der Waals surface area contributed by atoms with Crippen LogP contribution in [0.5, 0.6) is 0 Å². The summed E-state index contributed by atoms with van der Waals surface area (Å²) in [6.45, 7) is 0. The van der Waals surface area contributed by atoms with E-state index in [1.165, 1.54) is 11.8 Å². The number of nitrogens with one attached hydrogen (secondary N) is 2. The van der Waals surface area contributed by atoms with E-state index in [2.05, 4.69) is 10.6 Å². The van der Waals surface area contributed by atoms with Gasteiger partial charge in [0.05, 0.1) is 11.4 Å². The van der Waals surface area contributed by atoms with E-state index in [-0.39, 0.29) is 5.91 Å². The van der Waals surface area contributed by atoms with Crippen molar-refractivity contribution in [3.8, 4) is 0 Å². The molecule has 0 saturated carbocycles. The number of carbonyl (C=O) groups is 2. The van der Waals surface area contributed by atoms with E-state index < -0.39 is 12.0 Å². The van der Waals surface area contributed by atoms with Crippen molar-refractivity contribution in [2.45, 2.75) is 17.4 Å². The highest BCUT2D eigenvalue weighted by Gasteiger charge is 2.18. The Hall–Kier alpha value is -1.53. The fourth-order valence-electron chi connectivity index (χ4n) is 1.79. The lowest BCUT2D eigenvalue weighted by Gasteiger charge is -2.18. The molecule has 3 N–H and O–H groups in total. The quantitative estimate of drug-likeness (QED) is 0.756. The van der Waals surface area contributed by atoms with Gasteiger partial charge in [-0.05, 0) is 31.2 Å². The van der Waals surface area contributed by atoms with Gasteiger partial charge >= 0.3 is 5.97 Å². The Labute approximate surface area is 109 Å². The molecule has 0 radical (unpaired) electrons. The van der Waals surface area contributed by atoms with Gasteiger partial charge < -0.3 is 15.7 Å². The van der Waals surface area contributed by atoms with Crippen LogP contribution in [0.3, 0.4) is 0 Å². The van der Waals surface area contributed by atoms with Gasteiger partial charge in [-0.1, -0.05) is 6.07 Å². The summed E-state index contributed by atoms with van der Waals surface area (Å²) in [6, 6.07) is 5.01. The first-order valence-electron chi connectivity index (χ1n) is 5.56. The van der Waals surface area contributed by atoms with Crippen LogP contribution in [-0.2, 0) is 16.0 Å². The number of hydrogen-bond donors (Lipinski definition) is 3. The number of carbonyl (C=O) groups excluding carboxylic acids is 1. The lowest BCUT2D eigenvalue weighted by molar-refractivity contribution is -0.139. The second kappa shape index (κ2) is 5.41. The molecule has 18 heavy (non-hydrogen) atoms. The molecular weight excluding hydrogens is 252 g/mol. The number of thioether (sulfide) groups is 1. The summed E-state index contributed by atoms with van der Waals surface area (Å²) in [4.78, 5) is 23.1.